The van der Waals surface area contributed by atoms with Gasteiger partial charge >= 0.3 is 5.69 Å². The van der Waals surface area contributed by atoms with E-state index in [0.717, 1.165) is 50.0 Å². The van der Waals surface area contributed by atoms with Gasteiger partial charge in [-0.25, -0.2) is 9.36 Å². The molecule has 0 saturated heterocycles. The molecule has 2 aromatic carbocycles. The third-order valence-electron chi connectivity index (χ3n) is 6.32. The maximum Gasteiger partial charge on any atom is 0.335 e. The number of fused-ring (bicyclic) bond motifs is 3. The summed E-state index contributed by atoms with van der Waals surface area (Å²) in [5, 5.41) is 15.5. The lowest BCUT2D eigenvalue weighted by Gasteiger charge is -2.25. The van der Waals surface area contributed by atoms with Crippen molar-refractivity contribution in [1.29, 1.82) is 0 Å². The lowest BCUT2D eigenvalue weighted by Crippen LogP contribution is -2.38. The maximum atomic E-state index is 12.9. The van der Waals surface area contributed by atoms with E-state index in [1.807, 2.05) is 44.2 Å². The Morgan fingerprint density at radius 3 is 2.62 bits per heavy atom. The van der Waals surface area contributed by atoms with Crippen LogP contribution >= 0.6 is 0 Å². The van der Waals surface area contributed by atoms with Crippen molar-refractivity contribution < 1.29 is 9.84 Å². The number of hydrogen-bond donors (Lipinski definition) is 4. The molecule has 1 aliphatic rings. The van der Waals surface area contributed by atoms with Gasteiger partial charge in [0.1, 0.15) is 11.3 Å². The van der Waals surface area contributed by atoms with Gasteiger partial charge < -0.3 is 20.1 Å². The lowest BCUT2D eigenvalue weighted by molar-refractivity contribution is 0.409. The van der Waals surface area contributed by atoms with Crippen LogP contribution in [0.5, 0.6) is 11.6 Å². The highest BCUT2D eigenvalue weighted by molar-refractivity contribution is 5.86. The SMILES string of the molecule is COc1ccc2[nH]c3c(c2c1)CCN[C@H]3c1c(O)n(-c2ccc(C)c(C)c2)c(=O)[nH]c1=O. The van der Waals surface area contributed by atoms with Crippen molar-refractivity contribution in [3.63, 3.8) is 0 Å². The first-order chi connectivity index (χ1) is 15.4. The fraction of sp³-hybridized carbons (Fsp3) is 0.250. The standard InChI is InChI=1S/C24H24N4O4/c1-12-4-5-14(10-13(12)2)28-23(30)19(22(29)27-24(28)31)21-20-16(8-9-25-21)17-11-15(32-3)6-7-18(17)26-20/h4-7,10-11,21,25-26,30H,8-9H2,1-3H3,(H,27,29,31)/t21-/m0/s1. The van der Waals surface area contributed by atoms with Crippen molar-refractivity contribution in [2.75, 3.05) is 13.7 Å². The number of aromatic nitrogens is 3. The van der Waals surface area contributed by atoms with Crippen LogP contribution in [0.1, 0.15) is 34.0 Å². The minimum Gasteiger partial charge on any atom is -0.497 e. The zero-order chi connectivity index (χ0) is 22.6. The highest BCUT2D eigenvalue weighted by atomic mass is 16.5. The average molecular weight is 432 g/mol. The Bertz CT molecular complexity index is 1480. The van der Waals surface area contributed by atoms with E-state index in [0.29, 0.717) is 12.2 Å². The fourth-order valence-corrected chi connectivity index (χ4v) is 4.48. The molecule has 1 atom stereocenters. The number of H-pyrrole nitrogens is 2. The highest BCUT2D eigenvalue weighted by Gasteiger charge is 2.31. The Balaban J connectivity index is 1.72. The van der Waals surface area contributed by atoms with Crippen LogP contribution in [0.3, 0.4) is 0 Å². The van der Waals surface area contributed by atoms with Crippen LogP contribution in [0.25, 0.3) is 16.6 Å². The molecule has 0 aliphatic carbocycles. The first-order valence-electron chi connectivity index (χ1n) is 10.5. The smallest absolute Gasteiger partial charge is 0.335 e. The van der Waals surface area contributed by atoms with Crippen LogP contribution < -0.4 is 21.3 Å². The minimum atomic E-state index is -0.683. The molecule has 8 nitrogen and oxygen atoms in total. The average Bonchev–Trinajstić information content (AvgIpc) is 3.14. The van der Waals surface area contributed by atoms with Crippen LogP contribution in [0.15, 0.2) is 46.0 Å². The van der Waals surface area contributed by atoms with Gasteiger partial charge in [0.2, 0.25) is 5.88 Å². The Kier molecular flexibility index (Phi) is 4.67. The summed E-state index contributed by atoms with van der Waals surface area (Å²) in [5.74, 6) is 0.377. The van der Waals surface area contributed by atoms with E-state index in [4.69, 9.17) is 4.74 Å². The summed E-state index contributed by atoms with van der Waals surface area (Å²) in [5.41, 5.74) is 4.11. The molecule has 32 heavy (non-hydrogen) atoms. The van der Waals surface area contributed by atoms with Crippen LogP contribution in [-0.2, 0) is 6.42 Å². The Morgan fingerprint density at radius 1 is 1.06 bits per heavy atom. The van der Waals surface area contributed by atoms with Gasteiger partial charge in [0, 0.05) is 23.1 Å². The van der Waals surface area contributed by atoms with Crippen LogP contribution in [0.2, 0.25) is 0 Å². The topological polar surface area (TPSA) is 112 Å². The summed E-state index contributed by atoms with van der Waals surface area (Å²) in [6.07, 6.45) is 0.758. The van der Waals surface area contributed by atoms with Gasteiger partial charge in [0.25, 0.3) is 5.56 Å². The third kappa shape index (κ3) is 3.03. The number of methoxy groups -OCH3 is 1. The van der Waals surface area contributed by atoms with Gasteiger partial charge in [0.05, 0.1) is 18.8 Å². The maximum absolute atomic E-state index is 12.9. The Hall–Kier alpha value is -3.78. The molecule has 1 aliphatic heterocycles. The second-order valence-corrected chi connectivity index (χ2v) is 8.17. The van der Waals surface area contributed by atoms with Crippen LogP contribution in [0.4, 0.5) is 0 Å². The number of nitrogens with zero attached hydrogens (tertiary/aromatic N) is 1. The van der Waals surface area contributed by atoms with E-state index in [9.17, 15) is 14.7 Å². The monoisotopic (exact) mass is 432 g/mol. The minimum absolute atomic E-state index is 0.0994. The number of hydrogen-bond acceptors (Lipinski definition) is 5. The molecule has 4 aromatic rings. The number of benzene rings is 2. The van der Waals surface area contributed by atoms with Gasteiger partial charge in [-0.05, 0) is 67.3 Å². The van der Waals surface area contributed by atoms with Gasteiger partial charge in [-0.3, -0.25) is 9.78 Å². The molecule has 164 valence electrons. The predicted octanol–water partition coefficient (Wildman–Crippen LogP) is 2.57. The summed E-state index contributed by atoms with van der Waals surface area (Å²) >= 11 is 0. The van der Waals surface area contributed by atoms with Crippen LogP contribution in [0, 0.1) is 13.8 Å². The highest BCUT2D eigenvalue weighted by Crippen LogP contribution is 2.36. The van der Waals surface area contributed by atoms with E-state index in [-0.39, 0.29) is 11.4 Å². The molecule has 0 bridgehead atoms. The molecule has 3 heterocycles. The third-order valence-corrected chi connectivity index (χ3v) is 6.32. The summed E-state index contributed by atoms with van der Waals surface area (Å²) < 4.78 is 6.51. The second-order valence-electron chi connectivity index (χ2n) is 8.17. The predicted molar refractivity (Wildman–Crippen MR) is 122 cm³/mol. The van der Waals surface area contributed by atoms with Crippen LogP contribution in [-0.4, -0.2) is 33.3 Å². The summed E-state index contributed by atoms with van der Waals surface area (Å²) in [6.45, 7) is 4.52. The number of aromatic amines is 2. The molecule has 8 heteroatoms. The molecule has 2 aromatic heterocycles. The lowest BCUT2D eigenvalue weighted by atomic mass is 9.95. The molecular weight excluding hydrogens is 408 g/mol. The number of aromatic hydroxyl groups is 1. The van der Waals surface area contributed by atoms with Crippen molar-refractivity contribution >= 4 is 10.9 Å². The normalized spacial score (nSPS) is 15.7. The first-order valence-corrected chi connectivity index (χ1v) is 10.5. The number of ether oxygens (including phenoxy) is 1. The molecular formula is C24H24N4O4. The van der Waals surface area contributed by atoms with E-state index in [1.165, 1.54) is 0 Å². The number of nitrogens with one attached hydrogen (secondary N) is 3. The number of aryl methyl sites for hydroxylation is 2. The second kappa shape index (κ2) is 7.42. The van der Waals surface area contributed by atoms with E-state index in [1.54, 1.807) is 13.2 Å². The summed E-state index contributed by atoms with van der Waals surface area (Å²) in [7, 11) is 1.62. The molecule has 0 radical (unpaired) electrons. The quantitative estimate of drug-likeness (QED) is 0.398. The molecule has 5 rings (SSSR count). The molecule has 0 unspecified atom stereocenters. The fourth-order valence-electron chi connectivity index (χ4n) is 4.48. The van der Waals surface area contributed by atoms with Crippen molar-refractivity contribution in [1.82, 2.24) is 19.9 Å². The molecule has 0 spiro atoms. The molecule has 0 amide bonds. The van der Waals surface area contributed by atoms with Crippen molar-refractivity contribution in [2.45, 2.75) is 26.3 Å². The summed E-state index contributed by atoms with van der Waals surface area (Å²) in [4.78, 5) is 31.3. The molecule has 4 N–H and O–H groups in total. The van der Waals surface area contributed by atoms with E-state index < -0.39 is 17.3 Å². The number of rotatable bonds is 3. The first kappa shape index (κ1) is 20.1. The zero-order valence-corrected chi connectivity index (χ0v) is 18.1. The largest absolute Gasteiger partial charge is 0.497 e. The summed E-state index contributed by atoms with van der Waals surface area (Å²) in [6, 6.07) is 10.6. The molecule has 0 fully saturated rings. The van der Waals surface area contributed by atoms with E-state index >= 15 is 0 Å². The van der Waals surface area contributed by atoms with Crippen molar-refractivity contribution in [3.8, 4) is 17.3 Å². The van der Waals surface area contributed by atoms with Crippen molar-refractivity contribution in [2.24, 2.45) is 0 Å². The zero-order valence-electron chi connectivity index (χ0n) is 18.1. The Labute approximate surface area is 183 Å². The van der Waals surface area contributed by atoms with E-state index in [2.05, 4.69) is 15.3 Å². The molecule has 0 saturated carbocycles. The van der Waals surface area contributed by atoms with Gasteiger partial charge in [0.15, 0.2) is 0 Å². The van der Waals surface area contributed by atoms with Gasteiger partial charge in [-0.2, -0.15) is 0 Å². The van der Waals surface area contributed by atoms with Crippen molar-refractivity contribution in [3.05, 3.63) is 85.2 Å². The van der Waals surface area contributed by atoms with Gasteiger partial charge in [-0.1, -0.05) is 6.07 Å². The Morgan fingerprint density at radius 2 is 1.88 bits per heavy atom. The van der Waals surface area contributed by atoms with Gasteiger partial charge in [-0.15, -0.1) is 0 Å².